The highest BCUT2D eigenvalue weighted by molar-refractivity contribution is 5.82. The highest BCUT2D eigenvalue weighted by atomic mass is 19.1. The molecule has 0 amide bonds. The first-order chi connectivity index (χ1) is 13.2. The molecule has 1 fully saturated rings. The van der Waals surface area contributed by atoms with E-state index < -0.39 is 0 Å². The van der Waals surface area contributed by atoms with Crippen LogP contribution >= 0.6 is 0 Å². The highest BCUT2D eigenvalue weighted by Crippen LogP contribution is 2.18. The summed E-state index contributed by atoms with van der Waals surface area (Å²) in [6, 6.07) is 6.77. The maximum absolute atomic E-state index is 13.1. The lowest BCUT2D eigenvalue weighted by atomic mass is 10.2. The van der Waals surface area contributed by atoms with Crippen LogP contribution in [0.1, 0.15) is 6.42 Å². The van der Waals surface area contributed by atoms with Crippen LogP contribution in [-0.2, 0) is 6.54 Å². The van der Waals surface area contributed by atoms with Crippen molar-refractivity contribution in [3.05, 3.63) is 42.7 Å². The molecular formula is C19H24FN7. The molecule has 0 unspecified atom stereocenters. The van der Waals surface area contributed by atoms with Gasteiger partial charge in [0.2, 0.25) is 0 Å². The zero-order chi connectivity index (χ0) is 18.6. The molecule has 8 heteroatoms. The van der Waals surface area contributed by atoms with Gasteiger partial charge in [0.1, 0.15) is 17.7 Å². The second kappa shape index (κ2) is 7.87. The van der Waals surface area contributed by atoms with Gasteiger partial charge in [-0.2, -0.15) is 0 Å². The minimum atomic E-state index is -0.184. The number of nitrogens with one attached hydrogen (secondary N) is 1. The number of rotatable bonds is 6. The van der Waals surface area contributed by atoms with Gasteiger partial charge >= 0.3 is 0 Å². The Morgan fingerprint density at radius 2 is 1.78 bits per heavy atom. The third-order valence-electron chi connectivity index (χ3n) is 5.08. The molecule has 2 aromatic heterocycles. The first kappa shape index (κ1) is 17.7. The molecule has 3 aromatic rings. The molecule has 3 heterocycles. The Morgan fingerprint density at radius 3 is 2.52 bits per heavy atom. The van der Waals surface area contributed by atoms with E-state index in [9.17, 15) is 4.39 Å². The summed E-state index contributed by atoms with van der Waals surface area (Å²) < 4.78 is 15.2. The second-order valence-electron chi connectivity index (χ2n) is 6.74. The van der Waals surface area contributed by atoms with E-state index in [2.05, 4.69) is 34.6 Å². The number of benzene rings is 1. The summed E-state index contributed by atoms with van der Waals surface area (Å²) in [6.07, 6.45) is 4.45. The molecule has 0 aliphatic carbocycles. The molecule has 0 saturated carbocycles. The number of hydrogen-bond acceptors (Lipinski definition) is 6. The number of anilines is 2. The lowest BCUT2D eigenvalue weighted by Gasteiger charge is -2.36. The van der Waals surface area contributed by atoms with Gasteiger partial charge in [-0.3, -0.25) is 4.90 Å². The average molecular weight is 369 g/mol. The van der Waals surface area contributed by atoms with Crippen molar-refractivity contribution in [2.45, 2.75) is 13.0 Å². The van der Waals surface area contributed by atoms with E-state index in [0.29, 0.717) is 0 Å². The summed E-state index contributed by atoms with van der Waals surface area (Å²) >= 11 is 0. The second-order valence-corrected chi connectivity index (χ2v) is 6.74. The Balaban J connectivity index is 1.28. The summed E-state index contributed by atoms with van der Waals surface area (Å²) in [5.41, 5.74) is 2.78. The van der Waals surface area contributed by atoms with E-state index in [0.717, 1.165) is 68.4 Å². The molecule has 0 radical (unpaired) electrons. The Morgan fingerprint density at radius 1 is 1.00 bits per heavy atom. The average Bonchev–Trinajstić information content (AvgIpc) is 3.12. The molecule has 1 aliphatic rings. The van der Waals surface area contributed by atoms with Crippen LogP contribution in [0.15, 0.2) is 36.9 Å². The summed E-state index contributed by atoms with van der Waals surface area (Å²) in [7, 11) is 1.84. The largest absolute Gasteiger partial charge is 0.371 e. The first-order valence-corrected chi connectivity index (χ1v) is 9.31. The van der Waals surface area contributed by atoms with Crippen molar-refractivity contribution in [1.29, 1.82) is 0 Å². The third-order valence-corrected chi connectivity index (χ3v) is 5.08. The van der Waals surface area contributed by atoms with E-state index in [1.807, 2.05) is 25.5 Å². The molecule has 1 aromatic carbocycles. The monoisotopic (exact) mass is 369 g/mol. The minimum Gasteiger partial charge on any atom is -0.371 e. The van der Waals surface area contributed by atoms with Gasteiger partial charge in [0.15, 0.2) is 11.5 Å². The zero-order valence-electron chi connectivity index (χ0n) is 15.5. The van der Waals surface area contributed by atoms with Gasteiger partial charge in [-0.05, 0) is 37.2 Å². The number of aryl methyl sites for hydroxylation is 1. The Bertz CT molecular complexity index is 885. The Hall–Kier alpha value is -2.74. The van der Waals surface area contributed by atoms with E-state index in [-0.39, 0.29) is 5.82 Å². The maximum Gasteiger partial charge on any atom is 0.165 e. The first-order valence-electron chi connectivity index (χ1n) is 9.31. The number of nitrogens with zero attached hydrogens (tertiary/aromatic N) is 6. The van der Waals surface area contributed by atoms with Gasteiger partial charge in [-0.25, -0.2) is 19.3 Å². The third kappa shape index (κ3) is 3.85. The fraction of sp³-hybridized carbons (Fsp3) is 0.421. The standard InChI is InChI=1S/C19H24FN7/c1-21-18-17-19(23-13-22-18)27(14-24-17)8-2-7-25-9-11-26(12-10-25)16-5-3-15(20)4-6-16/h3-6,13-14H,2,7-12H2,1H3,(H,21,22,23). The summed E-state index contributed by atoms with van der Waals surface area (Å²) in [4.78, 5) is 17.8. The van der Waals surface area contributed by atoms with Crippen LogP contribution in [0, 0.1) is 5.82 Å². The molecule has 0 atom stereocenters. The van der Waals surface area contributed by atoms with Gasteiger partial charge in [-0.1, -0.05) is 0 Å². The van der Waals surface area contributed by atoms with E-state index in [1.54, 1.807) is 6.33 Å². The maximum atomic E-state index is 13.1. The summed E-state index contributed by atoms with van der Waals surface area (Å²) in [5, 5.41) is 3.05. The molecule has 0 spiro atoms. The van der Waals surface area contributed by atoms with Crippen molar-refractivity contribution in [3.63, 3.8) is 0 Å². The number of imidazole rings is 1. The number of hydrogen-bond donors (Lipinski definition) is 1. The van der Waals surface area contributed by atoms with Crippen molar-refractivity contribution in [1.82, 2.24) is 24.4 Å². The lowest BCUT2D eigenvalue weighted by molar-refractivity contribution is 0.251. The smallest absolute Gasteiger partial charge is 0.165 e. The lowest BCUT2D eigenvalue weighted by Crippen LogP contribution is -2.46. The number of halogens is 1. The predicted octanol–water partition coefficient (Wildman–Crippen LogP) is 2.22. The summed E-state index contributed by atoms with van der Waals surface area (Å²) in [6.45, 7) is 5.91. The van der Waals surface area contributed by atoms with Gasteiger partial charge in [0.05, 0.1) is 6.33 Å². The van der Waals surface area contributed by atoms with Crippen LogP contribution in [0.2, 0.25) is 0 Å². The number of piperazine rings is 1. The van der Waals surface area contributed by atoms with Crippen LogP contribution < -0.4 is 10.2 Å². The van der Waals surface area contributed by atoms with E-state index >= 15 is 0 Å². The van der Waals surface area contributed by atoms with Crippen LogP contribution in [0.4, 0.5) is 15.9 Å². The summed E-state index contributed by atoms with van der Waals surface area (Å²) in [5.74, 6) is 0.576. The van der Waals surface area contributed by atoms with E-state index in [4.69, 9.17) is 0 Å². The topological polar surface area (TPSA) is 62.1 Å². The van der Waals surface area contributed by atoms with Crippen molar-refractivity contribution in [2.75, 3.05) is 50.0 Å². The highest BCUT2D eigenvalue weighted by Gasteiger charge is 2.17. The minimum absolute atomic E-state index is 0.184. The zero-order valence-corrected chi connectivity index (χ0v) is 15.5. The molecule has 4 rings (SSSR count). The normalized spacial score (nSPS) is 15.4. The SMILES string of the molecule is CNc1ncnc2c1ncn2CCCN1CCN(c2ccc(F)cc2)CC1. The van der Waals surface area contributed by atoms with Crippen LogP contribution in [-0.4, -0.2) is 64.2 Å². The van der Waals surface area contributed by atoms with Gasteiger partial charge in [0.25, 0.3) is 0 Å². The molecule has 1 aliphatic heterocycles. The van der Waals surface area contributed by atoms with Gasteiger partial charge in [-0.15, -0.1) is 0 Å². The van der Waals surface area contributed by atoms with Crippen LogP contribution in [0.25, 0.3) is 11.2 Å². The van der Waals surface area contributed by atoms with Crippen molar-refractivity contribution < 1.29 is 4.39 Å². The molecular weight excluding hydrogens is 345 g/mol. The fourth-order valence-corrected chi connectivity index (χ4v) is 3.57. The Labute approximate surface area is 157 Å². The fourth-order valence-electron chi connectivity index (χ4n) is 3.57. The molecule has 142 valence electrons. The molecule has 27 heavy (non-hydrogen) atoms. The molecule has 1 saturated heterocycles. The molecule has 7 nitrogen and oxygen atoms in total. The number of fused-ring (bicyclic) bond motifs is 1. The number of aromatic nitrogens is 4. The van der Waals surface area contributed by atoms with Crippen molar-refractivity contribution >= 4 is 22.7 Å². The Kier molecular flexibility index (Phi) is 5.15. The van der Waals surface area contributed by atoms with Crippen molar-refractivity contribution in [2.24, 2.45) is 0 Å². The van der Waals surface area contributed by atoms with Crippen LogP contribution in [0.3, 0.4) is 0 Å². The quantitative estimate of drug-likeness (QED) is 0.719. The molecule has 0 bridgehead atoms. The van der Waals surface area contributed by atoms with Gasteiger partial charge < -0.3 is 14.8 Å². The predicted molar refractivity (Wildman–Crippen MR) is 105 cm³/mol. The van der Waals surface area contributed by atoms with Gasteiger partial charge in [0, 0.05) is 45.5 Å². The molecule has 1 N–H and O–H groups in total. The van der Waals surface area contributed by atoms with Crippen molar-refractivity contribution in [3.8, 4) is 0 Å². The van der Waals surface area contributed by atoms with E-state index in [1.165, 1.54) is 12.1 Å². The van der Waals surface area contributed by atoms with Crippen LogP contribution in [0.5, 0.6) is 0 Å².